The number of methoxy groups -OCH3 is 4. The van der Waals surface area contributed by atoms with Gasteiger partial charge < -0.3 is 23.8 Å². The van der Waals surface area contributed by atoms with Gasteiger partial charge in [-0.3, -0.25) is 9.69 Å². The molecule has 7 nitrogen and oxygen atoms in total. The molecule has 168 valence electrons. The van der Waals surface area contributed by atoms with E-state index in [4.69, 9.17) is 18.9 Å². The zero-order valence-electron chi connectivity index (χ0n) is 19.0. The highest BCUT2D eigenvalue weighted by Gasteiger charge is 2.28. The molecule has 1 saturated heterocycles. The second kappa shape index (κ2) is 10.4. The summed E-state index contributed by atoms with van der Waals surface area (Å²) in [4.78, 5) is 16.7. The van der Waals surface area contributed by atoms with E-state index < -0.39 is 0 Å². The Morgan fingerprint density at radius 1 is 0.968 bits per heavy atom. The number of rotatable bonds is 8. The molecule has 0 unspecified atom stereocenters. The van der Waals surface area contributed by atoms with E-state index in [0.717, 1.165) is 49.5 Å². The normalized spacial score (nSPS) is 14.7. The fourth-order valence-electron chi connectivity index (χ4n) is 4.27. The Bertz CT molecular complexity index is 894. The maximum atomic E-state index is 12.5. The van der Waals surface area contributed by atoms with Crippen LogP contribution in [0.3, 0.4) is 0 Å². The lowest BCUT2D eigenvalue weighted by Crippen LogP contribution is -2.46. The molecule has 2 aromatic rings. The van der Waals surface area contributed by atoms with Gasteiger partial charge in [0.2, 0.25) is 11.7 Å². The molecule has 0 aliphatic carbocycles. The van der Waals surface area contributed by atoms with Gasteiger partial charge >= 0.3 is 0 Å². The zero-order chi connectivity index (χ0) is 22.4. The SMILES string of the molecule is COc1cccc(N(C(C)=O)C2CCN(Cc3ccc(OC)c(OC)c3OC)CC2)c1. The molecule has 1 aliphatic rings. The number of carbonyl (C=O) groups excluding carboxylic acids is 1. The number of likely N-dealkylation sites (tertiary alicyclic amines) is 1. The largest absolute Gasteiger partial charge is 0.497 e. The molecule has 1 heterocycles. The van der Waals surface area contributed by atoms with E-state index in [2.05, 4.69) is 4.90 Å². The molecule has 0 N–H and O–H groups in total. The van der Waals surface area contributed by atoms with Crippen LogP contribution < -0.4 is 23.8 Å². The van der Waals surface area contributed by atoms with Crippen molar-refractivity contribution < 1.29 is 23.7 Å². The molecule has 0 aromatic heterocycles. The van der Waals surface area contributed by atoms with Crippen LogP contribution >= 0.6 is 0 Å². The summed E-state index contributed by atoms with van der Waals surface area (Å²) in [7, 11) is 6.51. The summed E-state index contributed by atoms with van der Waals surface area (Å²) >= 11 is 0. The van der Waals surface area contributed by atoms with Gasteiger partial charge in [0.1, 0.15) is 5.75 Å². The number of anilines is 1. The van der Waals surface area contributed by atoms with Crippen LogP contribution in [-0.4, -0.2) is 58.4 Å². The number of amides is 1. The lowest BCUT2D eigenvalue weighted by molar-refractivity contribution is -0.117. The van der Waals surface area contributed by atoms with Crippen molar-refractivity contribution in [3.05, 3.63) is 42.0 Å². The average Bonchev–Trinajstić information content (AvgIpc) is 2.79. The lowest BCUT2D eigenvalue weighted by Gasteiger charge is -2.38. The minimum Gasteiger partial charge on any atom is -0.497 e. The van der Waals surface area contributed by atoms with Crippen LogP contribution in [0, 0.1) is 0 Å². The first-order chi connectivity index (χ1) is 15.0. The smallest absolute Gasteiger partial charge is 0.224 e. The Labute approximate surface area is 184 Å². The van der Waals surface area contributed by atoms with Crippen molar-refractivity contribution in [3.8, 4) is 23.0 Å². The van der Waals surface area contributed by atoms with Gasteiger partial charge in [0, 0.05) is 49.9 Å². The molecule has 2 aromatic carbocycles. The van der Waals surface area contributed by atoms with Crippen molar-refractivity contribution >= 4 is 11.6 Å². The molecule has 0 saturated carbocycles. The molecule has 3 rings (SSSR count). The maximum absolute atomic E-state index is 12.5. The van der Waals surface area contributed by atoms with Crippen LogP contribution in [0.25, 0.3) is 0 Å². The molecule has 1 fully saturated rings. The standard InChI is InChI=1S/C24H32N2O5/c1-17(27)26(20-7-6-8-21(15-20)28-2)19-11-13-25(14-12-19)16-18-9-10-22(29-3)24(31-5)23(18)30-4/h6-10,15,19H,11-14,16H2,1-5H3. The molecule has 0 spiro atoms. The molecule has 1 aliphatic heterocycles. The van der Waals surface area contributed by atoms with E-state index in [9.17, 15) is 4.79 Å². The van der Waals surface area contributed by atoms with E-state index in [1.54, 1.807) is 35.4 Å². The topological polar surface area (TPSA) is 60.5 Å². The Morgan fingerprint density at radius 2 is 1.68 bits per heavy atom. The predicted octanol–water partition coefficient (Wildman–Crippen LogP) is 3.74. The van der Waals surface area contributed by atoms with E-state index >= 15 is 0 Å². The Kier molecular flexibility index (Phi) is 7.63. The van der Waals surface area contributed by atoms with Crippen LogP contribution in [-0.2, 0) is 11.3 Å². The molecular formula is C24H32N2O5. The summed E-state index contributed by atoms with van der Waals surface area (Å²) in [6.45, 7) is 4.14. The minimum atomic E-state index is 0.0493. The number of hydrogen-bond donors (Lipinski definition) is 0. The molecule has 7 heteroatoms. The van der Waals surface area contributed by atoms with Gasteiger partial charge in [-0.15, -0.1) is 0 Å². The molecule has 1 amide bonds. The van der Waals surface area contributed by atoms with Crippen molar-refractivity contribution in [1.29, 1.82) is 0 Å². The fourth-order valence-corrected chi connectivity index (χ4v) is 4.27. The zero-order valence-corrected chi connectivity index (χ0v) is 19.0. The predicted molar refractivity (Wildman–Crippen MR) is 121 cm³/mol. The molecule has 0 bridgehead atoms. The van der Waals surface area contributed by atoms with Gasteiger partial charge in [-0.2, -0.15) is 0 Å². The fraction of sp³-hybridized carbons (Fsp3) is 0.458. The van der Waals surface area contributed by atoms with Gasteiger partial charge in [-0.1, -0.05) is 12.1 Å². The third kappa shape index (κ3) is 5.05. The second-order valence-electron chi connectivity index (χ2n) is 7.59. The lowest BCUT2D eigenvalue weighted by atomic mass is 10.0. The number of hydrogen-bond acceptors (Lipinski definition) is 6. The minimum absolute atomic E-state index is 0.0493. The first-order valence-corrected chi connectivity index (χ1v) is 10.5. The van der Waals surface area contributed by atoms with E-state index in [-0.39, 0.29) is 11.9 Å². The Morgan fingerprint density at radius 3 is 2.26 bits per heavy atom. The second-order valence-corrected chi connectivity index (χ2v) is 7.59. The summed E-state index contributed by atoms with van der Waals surface area (Å²) in [6, 6.07) is 11.8. The van der Waals surface area contributed by atoms with Crippen LogP contribution in [0.5, 0.6) is 23.0 Å². The molecule has 0 radical (unpaired) electrons. The van der Waals surface area contributed by atoms with Gasteiger partial charge in [-0.25, -0.2) is 0 Å². The number of nitrogens with zero attached hydrogens (tertiary/aromatic N) is 2. The number of ether oxygens (including phenoxy) is 4. The summed E-state index contributed by atoms with van der Waals surface area (Å²) in [5, 5.41) is 0. The number of piperidine rings is 1. The van der Waals surface area contributed by atoms with E-state index in [1.807, 2.05) is 41.3 Å². The molecular weight excluding hydrogens is 396 g/mol. The van der Waals surface area contributed by atoms with Crippen LogP contribution in [0.15, 0.2) is 36.4 Å². The Hall–Kier alpha value is -2.93. The third-order valence-corrected chi connectivity index (χ3v) is 5.77. The van der Waals surface area contributed by atoms with Crippen molar-refractivity contribution in [2.45, 2.75) is 32.4 Å². The third-order valence-electron chi connectivity index (χ3n) is 5.77. The first-order valence-electron chi connectivity index (χ1n) is 10.5. The van der Waals surface area contributed by atoms with Crippen LogP contribution in [0.4, 0.5) is 5.69 Å². The van der Waals surface area contributed by atoms with Gasteiger partial charge in [0.25, 0.3) is 0 Å². The van der Waals surface area contributed by atoms with Crippen LogP contribution in [0.1, 0.15) is 25.3 Å². The molecule has 31 heavy (non-hydrogen) atoms. The summed E-state index contributed by atoms with van der Waals surface area (Å²) < 4.78 is 21.8. The summed E-state index contributed by atoms with van der Waals surface area (Å²) in [5.41, 5.74) is 1.93. The first kappa shape index (κ1) is 22.7. The highest BCUT2D eigenvalue weighted by molar-refractivity contribution is 5.92. The van der Waals surface area contributed by atoms with Crippen molar-refractivity contribution in [3.63, 3.8) is 0 Å². The van der Waals surface area contributed by atoms with E-state index in [1.165, 1.54) is 0 Å². The van der Waals surface area contributed by atoms with Gasteiger partial charge in [-0.05, 0) is 31.0 Å². The van der Waals surface area contributed by atoms with Crippen LogP contribution in [0.2, 0.25) is 0 Å². The van der Waals surface area contributed by atoms with E-state index in [0.29, 0.717) is 17.2 Å². The Balaban J connectivity index is 1.71. The quantitative estimate of drug-likeness (QED) is 0.638. The monoisotopic (exact) mass is 428 g/mol. The van der Waals surface area contributed by atoms with Gasteiger partial charge in [0.15, 0.2) is 11.5 Å². The average molecular weight is 429 g/mol. The van der Waals surface area contributed by atoms with Crippen molar-refractivity contribution in [2.75, 3.05) is 46.4 Å². The summed E-state index contributed by atoms with van der Waals surface area (Å²) in [5.74, 6) is 2.76. The number of benzene rings is 2. The number of carbonyl (C=O) groups is 1. The maximum Gasteiger partial charge on any atom is 0.224 e. The van der Waals surface area contributed by atoms with Crippen molar-refractivity contribution in [2.24, 2.45) is 0 Å². The summed E-state index contributed by atoms with van der Waals surface area (Å²) in [6.07, 6.45) is 1.79. The van der Waals surface area contributed by atoms with Crippen molar-refractivity contribution in [1.82, 2.24) is 4.90 Å². The molecule has 0 atom stereocenters. The highest BCUT2D eigenvalue weighted by Crippen LogP contribution is 2.40. The van der Waals surface area contributed by atoms with Gasteiger partial charge in [0.05, 0.1) is 28.4 Å². The highest BCUT2D eigenvalue weighted by atomic mass is 16.5.